The SMILES string of the molecule is COC.COc1c(C=O)ccc(-c2nc(C(F)(F)F)cn2C(C)C)c1F. The molecule has 2 aromatic rings. The number of rotatable bonds is 4. The molecule has 0 aliphatic carbocycles. The Labute approximate surface area is 148 Å². The van der Waals surface area contributed by atoms with Gasteiger partial charge in [0.2, 0.25) is 0 Å². The van der Waals surface area contributed by atoms with Crippen molar-refractivity contribution in [2.45, 2.75) is 26.1 Å². The molecule has 0 bridgehead atoms. The summed E-state index contributed by atoms with van der Waals surface area (Å²) in [6.45, 7) is 3.31. The van der Waals surface area contributed by atoms with Crippen LogP contribution in [0.5, 0.6) is 5.75 Å². The fourth-order valence-corrected chi connectivity index (χ4v) is 2.17. The first-order valence-electron chi connectivity index (χ1n) is 7.50. The molecule has 144 valence electrons. The highest BCUT2D eigenvalue weighted by Gasteiger charge is 2.35. The average molecular weight is 376 g/mol. The molecule has 0 aliphatic rings. The van der Waals surface area contributed by atoms with Gasteiger partial charge >= 0.3 is 6.18 Å². The third kappa shape index (κ3) is 4.60. The lowest BCUT2D eigenvalue weighted by molar-refractivity contribution is -0.140. The van der Waals surface area contributed by atoms with Gasteiger partial charge in [-0.05, 0) is 26.0 Å². The third-order valence-corrected chi connectivity index (χ3v) is 3.28. The summed E-state index contributed by atoms with van der Waals surface area (Å²) in [5.41, 5.74) is -1.32. The number of hydrogen-bond acceptors (Lipinski definition) is 4. The smallest absolute Gasteiger partial charge is 0.434 e. The molecule has 0 saturated carbocycles. The summed E-state index contributed by atoms with van der Waals surface area (Å²) in [5.74, 6) is -1.44. The van der Waals surface area contributed by atoms with Crippen LogP contribution >= 0.6 is 0 Å². The van der Waals surface area contributed by atoms with Crippen molar-refractivity contribution in [3.63, 3.8) is 0 Å². The van der Waals surface area contributed by atoms with E-state index in [1.165, 1.54) is 23.8 Å². The molecule has 0 amide bonds. The topological polar surface area (TPSA) is 53.4 Å². The van der Waals surface area contributed by atoms with E-state index in [2.05, 4.69) is 9.72 Å². The molecule has 1 heterocycles. The summed E-state index contributed by atoms with van der Waals surface area (Å²) in [6.07, 6.45) is -3.40. The van der Waals surface area contributed by atoms with Gasteiger partial charge in [-0.3, -0.25) is 4.79 Å². The number of aromatic nitrogens is 2. The van der Waals surface area contributed by atoms with Crippen molar-refractivity contribution in [2.24, 2.45) is 0 Å². The normalized spacial score (nSPS) is 11.2. The average Bonchev–Trinajstić information content (AvgIpc) is 3.00. The molecular formula is C17H20F4N2O3. The number of imidazole rings is 1. The van der Waals surface area contributed by atoms with Crippen molar-refractivity contribution in [3.8, 4) is 17.1 Å². The lowest BCUT2D eigenvalue weighted by Gasteiger charge is -2.13. The molecule has 0 spiro atoms. The minimum Gasteiger partial charge on any atom is -0.493 e. The molecular weight excluding hydrogens is 356 g/mol. The van der Waals surface area contributed by atoms with Gasteiger partial charge in [-0.2, -0.15) is 13.2 Å². The number of ether oxygens (including phenoxy) is 2. The first kappa shape index (κ1) is 21.6. The van der Waals surface area contributed by atoms with E-state index in [9.17, 15) is 22.4 Å². The zero-order valence-electron chi connectivity index (χ0n) is 15.0. The summed E-state index contributed by atoms with van der Waals surface area (Å²) in [5, 5.41) is 0. The maximum Gasteiger partial charge on any atom is 0.434 e. The standard InChI is InChI=1S/C15H14F4N2O2.C2H6O/c1-8(2)21-6-11(15(17,18)19)20-14(21)10-5-4-9(7-22)13(23-3)12(10)16;1-3-2/h4-8H,1-3H3;1-2H3. The van der Waals surface area contributed by atoms with E-state index in [1.807, 2.05) is 0 Å². The predicted molar refractivity (Wildman–Crippen MR) is 87.9 cm³/mol. The molecule has 0 atom stereocenters. The molecule has 0 fully saturated rings. The molecule has 26 heavy (non-hydrogen) atoms. The first-order valence-corrected chi connectivity index (χ1v) is 7.50. The lowest BCUT2D eigenvalue weighted by atomic mass is 10.1. The summed E-state index contributed by atoms with van der Waals surface area (Å²) in [6, 6.07) is 2.12. The minimum atomic E-state index is -4.64. The molecule has 1 aromatic heterocycles. The monoisotopic (exact) mass is 376 g/mol. The van der Waals surface area contributed by atoms with Crippen LogP contribution in [0.25, 0.3) is 11.4 Å². The van der Waals surface area contributed by atoms with Crippen LogP contribution in [0.2, 0.25) is 0 Å². The zero-order valence-corrected chi connectivity index (χ0v) is 15.0. The van der Waals surface area contributed by atoms with Crippen LogP contribution in [0.3, 0.4) is 0 Å². The number of alkyl halides is 3. The lowest BCUT2D eigenvalue weighted by Crippen LogP contribution is -2.05. The molecule has 2 rings (SSSR count). The third-order valence-electron chi connectivity index (χ3n) is 3.28. The molecule has 0 saturated heterocycles. The number of halogens is 4. The van der Waals surface area contributed by atoms with Crippen molar-refractivity contribution in [3.05, 3.63) is 35.4 Å². The molecule has 1 aromatic carbocycles. The Morgan fingerprint density at radius 3 is 2.19 bits per heavy atom. The highest BCUT2D eigenvalue weighted by molar-refractivity contribution is 5.81. The van der Waals surface area contributed by atoms with Crippen LogP contribution in [0.15, 0.2) is 18.3 Å². The van der Waals surface area contributed by atoms with E-state index >= 15 is 0 Å². The van der Waals surface area contributed by atoms with Crippen molar-refractivity contribution in [1.82, 2.24) is 9.55 Å². The van der Waals surface area contributed by atoms with E-state index in [4.69, 9.17) is 4.74 Å². The van der Waals surface area contributed by atoms with Crippen LogP contribution in [-0.4, -0.2) is 37.2 Å². The summed E-state index contributed by atoms with van der Waals surface area (Å²) in [4.78, 5) is 14.4. The van der Waals surface area contributed by atoms with Gasteiger partial charge in [-0.15, -0.1) is 0 Å². The number of carbonyl (C=O) groups excluding carboxylic acids is 1. The van der Waals surface area contributed by atoms with Gasteiger partial charge in [0.15, 0.2) is 23.5 Å². The van der Waals surface area contributed by atoms with Crippen molar-refractivity contribution in [2.75, 3.05) is 21.3 Å². The van der Waals surface area contributed by atoms with Gasteiger partial charge in [-0.1, -0.05) is 0 Å². The second-order valence-corrected chi connectivity index (χ2v) is 5.52. The van der Waals surface area contributed by atoms with Gasteiger partial charge in [0.05, 0.1) is 18.2 Å². The number of aldehydes is 1. The second-order valence-electron chi connectivity index (χ2n) is 5.52. The Bertz CT molecular complexity index is 755. The van der Waals surface area contributed by atoms with Crippen LogP contribution in [0.4, 0.5) is 17.6 Å². The van der Waals surface area contributed by atoms with Crippen molar-refractivity contribution in [1.29, 1.82) is 0 Å². The van der Waals surface area contributed by atoms with Crippen LogP contribution in [-0.2, 0) is 10.9 Å². The number of hydrogen-bond donors (Lipinski definition) is 0. The molecule has 5 nitrogen and oxygen atoms in total. The zero-order chi connectivity index (χ0) is 20.1. The summed E-state index contributed by atoms with van der Waals surface area (Å²) < 4.78 is 63.5. The Hall–Kier alpha value is -2.42. The van der Waals surface area contributed by atoms with Crippen LogP contribution in [0.1, 0.15) is 35.9 Å². The molecule has 0 unspecified atom stereocenters. The van der Waals surface area contributed by atoms with Crippen LogP contribution in [0, 0.1) is 5.82 Å². The van der Waals surface area contributed by atoms with Gasteiger partial charge in [0, 0.05) is 26.5 Å². The van der Waals surface area contributed by atoms with Gasteiger partial charge in [-0.25, -0.2) is 9.37 Å². The largest absolute Gasteiger partial charge is 0.493 e. The van der Waals surface area contributed by atoms with E-state index in [0.29, 0.717) is 6.29 Å². The first-order chi connectivity index (χ1) is 12.1. The van der Waals surface area contributed by atoms with Crippen molar-refractivity contribution >= 4 is 6.29 Å². The van der Waals surface area contributed by atoms with Crippen molar-refractivity contribution < 1.29 is 31.8 Å². The maximum absolute atomic E-state index is 14.5. The van der Waals surface area contributed by atoms with E-state index in [-0.39, 0.29) is 28.7 Å². The number of carbonyl (C=O) groups is 1. The Kier molecular flexibility index (Phi) is 7.31. The number of nitrogens with zero attached hydrogens (tertiary/aromatic N) is 2. The second kappa shape index (κ2) is 8.79. The molecule has 0 radical (unpaired) electrons. The van der Waals surface area contributed by atoms with E-state index in [0.717, 1.165) is 6.20 Å². The van der Waals surface area contributed by atoms with E-state index < -0.39 is 17.7 Å². The number of methoxy groups -OCH3 is 2. The Balaban J connectivity index is 0.00000105. The molecule has 0 N–H and O–H groups in total. The fourth-order valence-electron chi connectivity index (χ4n) is 2.17. The highest BCUT2D eigenvalue weighted by Crippen LogP contribution is 2.36. The fraction of sp³-hybridized carbons (Fsp3) is 0.412. The number of benzene rings is 1. The van der Waals surface area contributed by atoms with E-state index in [1.54, 1.807) is 28.1 Å². The van der Waals surface area contributed by atoms with Gasteiger partial charge in [0.1, 0.15) is 5.82 Å². The van der Waals surface area contributed by atoms with Crippen LogP contribution < -0.4 is 4.74 Å². The predicted octanol–water partition coefficient (Wildman–Crippen LogP) is 4.37. The Morgan fingerprint density at radius 1 is 1.19 bits per heavy atom. The highest BCUT2D eigenvalue weighted by atomic mass is 19.4. The quantitative estimate of drug-likeness (QED) is 0.587. The minimum absolute atomic E-state index is 0.0348. The van der Waals surface area contributed by atoms with Gasteiger partial charge < -0.3 is 14.0 Å². The summed E-state index contributed by atoms with van der Waals surface area (Å²) >= 11 is 0. The molecule has 0 aliphatic heterocycles. The maximum atomic E-state index is 14.5. The van der Waals surface area contributed by atoms with Gasteiger partial charge in [0.25, 0.3) is 0 Å². The Morgan fingerprint density at radius 2 is 1.77 bits per heavy atom. The summed E-state index contributed by atoms with van der Waals surface area (Å²) in [7, 11) is 4.42. The molecule has 9 heteroatoms.